The predicted octanol–water partition coefficient (Wildman–Crippen LogP) is 4.64. The smallest absolute Gasteiger partial charge is 0.118 e. The highest BCUT2D eigenvalue weighted by atomic mass is 16.6. The average Bonchev–Trinajstić information content (AvgIpc) is 3.57. The minimum absolute atomic E-state index is 0.0333. The van der Waals surface area contributed by atoms with Crippen molar-refractivity contribution in [3.05, 3.63) is 96.1 Å². The molecule has 1 aliphatic heterocycles. The van der Waals surface area contributed by atoms with Crippen molar-refractivity contribution in [3.8, 4) is 0 Å². The van der Waals surface area contributed by atoms with Crippen LogP contribution in [0.4, 0.5) is 0 Å². The molecule has 2 aromatic carbocycles. The van der Waals surface area contributed by atoms with Gasteiger partial charge in [0.1, 0.15) is 12.2 Å². The van der Waals surface area contributed by atoms with E-state index in [-0.39, 0.29) is 17.6 Å². The van der Waals surface area contributed by atoms with Crippen LogP contribution in [0.3, 0.4) is 0 Å². The second-order valence-electron chi connectivity index (χ2n) is 8.58. The summed E-state index contributed by atoms with van der Waals surface area (Å²) in [6.45, 7) is 2.55. The van der Waals surface area contributed by atoms with Gasteiger partial charge in [0, 0.05) is 11.8 Å². The fourth-order valence-corrected chi connectivity index (χ4v) is 4.78. The molecule has 4 heteroatoms. The molecule has 4 nitrogen and oxygen atoms in total. The third-order valence-electron chi connectivity index (χ3n) is 6.49. The number of rotatable bonds is 9. The lowest BCUT2D eigenvalue weighted by molar-refractivity contribution is -0.0370. The number of allylic oxidation sites excluding steroid dienone is 2. The summed E-state index contributed by atoms with van der Waals surface area (Å²) in [6, 6.07) is 21.1. The summed E-state index contributed by atoms with van der Waals surface area (Å²) in [7, 11) is 0. The normalized spacial score (nSPS) is 29.4. The Morgan fingerprint density at radius 2 is 1.74 bits per heavy atom. The van der Waals surface area contributed by atoms with Crippen LogP contribution in [0.15, 0.2) is 90.1 Å². The topological polar surface area (TPSA) is 42.9 Å². The van der Waals surface area contributed by atoms with Crippen LogP contribution in [-0.4, -0.2) is 31.5 Å². The number of nitrogens with zero attached hydrogens (tertiary/aromatic N) is 1. The van der Waals surface area contributed by atoms with E-state index in [0.717, 1.165) is 38.1 Å². The summed E-state index contributed by atoms with van der Waals surface area (Å²) < 4.78 is 6.59. The Bertz CT molecular complexity index is 954. The molecule has 0 aromatic heterocycles. The summed E-state index contributed by atoms with van der Waals surface area (Å²) in [5.41, 5.74) is 3.51. The maximum atomic E-state index is 6.59. The van der Waals surface area contributed by atoms with Crippen LogP contribution in [0, 0.1) is 11.8 Å². The van der Waals surface area contributed by atoms with Gasteiger partial charge in [-0.05, 0) is 43.5 Å². The lowest BCUT2D eigenvalue weighted by atomic mass is 9.85. The van der Waals surface area contributed by atoms with Crippen LogP contribution in [0.5, 0.6) is 0 Å². The first-order chi connectivity index (χ1) is 15.4. The maximum Gasteiger partial charge on any atom is 0.118 e. The Hall–Kier alpha value is -2.69. The highest BCUT2D eigenvalue weighted by Crippen LogP contribution is 2.61. The summed E-state index contributed by atoms with van der Waals surface area (Å²) in [5.74, 6) is 0.481. The molecule has 1 saturated carbocycles. The number of fused-ring (bicyclic) bond motifs is 2. The molecule has 160 valence electrons. The lowest BCUT2D eigenvalue weighted by Gasteiger charge is -2.35. The first-order valence-corrected chi connectivity index (χ1v) is 11.4. The van der Waals surface area contributed by atoms with E-state index in [1.807, 2.05) is 0 Å². The molecule has 0 radical (unpaired) electrons. The molecule has 0 bridgehead atoms. The summed E-state index contributed by atoms with van der Waals surface area (Å²) in [6.07, 6.45) is 11.5. The van der Waals surface area contributed by atoms with Crippen molar-refractivity contribution < 1.29 is 9.57 Å². The van der Waals surface area contributed by atoms with Gasteiger partial charge in [-0.15, -0.1) is 0 Å². The van der Waals surface area contributed by atoms with E-state index in [1.165, 1.54) is 11.1 Å². The highest BCUT2D eigenvalue weighted by Gasteiger charge is 2.65. The van der Waals surface area contributed by atoms with Crippen molar-refractivity contribution in [1.29, 1.82) is 0 Å². The maximum absolute atomic E-state index is 6.59. The molecule has 31 heavy (non-hydrogen) atoms. The number of oxime groups is 1. The first-order valence-electron chi connectivity index (χ1n) is 11.4. The van der Waals surface area contributed by atoms with Crippen LogP contribution in [0.2, 0.25) is 0 Å². The van der Waals surface area contributed by atoms with Crippen LogP contribution in [-0.2, 0) is 21.6 Å². The van der Waals surface area contributed by atoms with Gasteiger partial charge in [-0.3, -0.25) is 0 Å². The fraction of sp³-hybridized carbons (Fsp3) is 0.370. The molecule has 0 amide bonds. The van der Waals surface area contributed by atoms with Gasteiger partial charge in [0.2, 0.25) is 0 Å². The standard InChI is InChI=1S/C27H30N2O2/c1-3-10-21(11-4-1)16-18-28-17-9-19-30-29-26-23-14-7-8-15-25(23)31-27(20-24(26)27)22-12-5-2-6-13-22/h1-8,10-15,23-25,28H,9,16-20H2. The molecule has 3 aliphatic rings. The number of ether oxygens (including phenoxy) is 1. The van der Waals surface area contributed by atoms with Crippen molar-refractivity contribution in [2.45, 2.75) is 31.0 Å². The summed E-state index contributed by atoms with van der Waals surface area (Å²) in [4.78, 5) is 5.80. The van der Waals surface area contributed by atoms with Crippen molar-refractivity contribution >= 4 is 5.71 Å². The molecule has 4 atom stereocenters. The van der Waals surface area contributed by atoms with Gasteiger partial charge in [0.15, 0.2) is 0 Å². The van der Waals surface area contributed by atoms with E-state index in [4.69, 9.17) is 9.57 Å². The average molecular weight is 415 g/mol. The number of nitrogens with one attached hydrogen (secondary N) is 1. The van der Waals surface area contributed by atoms with Crippen LogP contribution >= 0.6 is 0 Å². The second-order valence-corrected chi connectivity index (χ2v) is 8.58. The monoisotopic (exact) mass is 414 g/mol. The third-order valence-corrected chi connectivity index (χ3v) is 6.49. The molecular formula is C27H30N2O2. The van der Waals surface area contributed by atoms with Gasteiger partial charge < -0.3 is 14.9 Å². The Morgan fingerprint density at radius 3 is 2.58 bits per heavy atom. The quantitative estimate of drug-likeness (QED) is 0.480. The summed E-state index contributed by atoms with van der Waals surface area (Å²) in [5, 5.41) is 8.14. The molecule has 0 spiro atoms. The van der Waals surface area contributed by atoms with Crippen molar-refractivity contribution in [2.75, 3.05) is 19.7 Å². The number of hydrogen-bond donors (Lipinski definition) is 1. The van der Waals surface area contributed by atoms with Crippen molar-refractivity contribution in [2.24, 2.45) is 17.0 Å². The molecule has 1 N–H and O–H groups in total. The number of benzene rings is 2. The van der Waals surface area contributed by atoms with Gasteiger partial charge in [-0.25, -0.2) is 0 Å². The van der Waals surface area contributed by atoms with Gasteiger partial charge in [0.25, 0.3) is 0 Å². The minimum atomic E-state index is -0.237. The van der Waals surface area contributed by atoms with Gasteiger partial charge in [-0.2, -0.15) is 0 Å². The van der Waals surface area contributed by atoms with E-state index in [9.17, 15) is 0 Å². The largest absolute Gasteiger partial charge is 0.396 e. The zero-order valence-corrected chi connectivity index (χ0v) is 17.8. The summed E-state index contributed by atoms with van der Waals surface area (Å²) >= 11 is 0. The fourth-order valence-electron chi connectivity index (χ4n) is 4.78. The first kappa shape index (κ1) is 20.2. The Morgan fingerprint density at radius 1 is 0.968 bits per heavy atom. The zero-order chi connectivity index (χ0) is 20.9. The Labute approximate surface area is 184 Å². The molecule has 5 rings (SSSR count). The van der Waals surface area contributed by atoms with Crippen LogP contribution in [0.1, 0.15) is 24.0 Å². The molecule has 1 saturated heterocycles. The van der Waals surface area contributed by atoms with Crippen LogP contribution < -0.4 is 5.32 Å². The second kappa shape index (κ2) is 9.21. The van der Waals surface area contributed by atoms with Crippen LogP contribution in [0.25, 0.3) is 0 Å². The molecular weight excluding hydrogens is 384 g/mol. The molecule has 2 fully saturated rings. The van der Waals surface area contributed by atoms with E-state index in [1.54, 1.807) is 0 Å². The Kier molecular flexibility index (Phi) is 6.01. The van der Waals surface area contributed by atoms with E-state index in [2.05, 4.69) is 95.4 Å². The van der Waals surface area contributed by atoms with E-state index < -0.39 is 0 Å². The van der Waals surface area contributed by atoms with E-state index in [0.29, 0.717) is 12.5 Å². The molecule has 2 aliphatic carbocycles. The minimum Gasteiger partial charge on any atom is -0.396 e. The zero-order valence-electron chi connectivity index (χ0n) is 17.8. The van der Waals surface area contributed by atoms with Crippen molar-refractivity contribution in [3.63, 3.8) is 0 Å². The van der Waals surface area contributed by atoms with Crippen molar-refractivity contribution in [1.82, 2.24) is 5.32 Å². The van der Waals surface area contributed by atoms with Gasteiger partial charge in [0.05, 0.1) is 11.8 Å². The third kappa shape index (κ3) is 4.36. The Balaban J connectivity index is 1.13. The lowest BCUT2D eigenvalue weighted by Crippen LogP contribution is -2.41. The van der Waals surface area contributed by atoms with Gasteiger partial charge in [-0.1, -0.05) is 90.1 Å². The molecule has 4 unspecified atom stereocenters. The predicted molar refractivity (Wildman–Crippen MR) is 124 cm³/mol. The SMILES string of the molecule is C1=CC2OC3(c4ccccc4)CC3C(=NOCCCNCCc3ccccc3)C2C=C1. The molecule has 1 heterocycles. The molecule has 2 aromatic rings. The van der Waals surface area contributed by atoms with Gasteiger partial charge >= 0.3 is 0 Å². The number of hydrogen-bond acceptors (Lipinski definition) is 4. The highest BCUT2D eigenvalue weighted by molar-refractivity contribution is 5.95. The van der Waals surface area contributed by atoms with E-state index >= 15 is 0 Å².